The van der Waals surface area contributed by atoms with Gasteiger partial charge in [-0.1, -0.05) is 0 Å². The summed E-state index contributed by atoms with van der Waals surface area (Å²) in [6.07, 6.45) is 1.02. The van der Waals surface area contributed by atoms with Gasteiger partial charge in [-0.2, -0.15) is 0 Å². The fraction of sp³-hybridized carbons (Fsp3) is 0.615. The first-order valence-corrected chi connectivity index (χ1v) is 8.10. The Kier molecular flexibility index (Phi) is 10.4. The molecule has 1 heterocycles. The molecule has 0 saturated heterocycles. The highest BCUT2D eigenvalue weighted by molar-refractivity contribution is 14.1. The van der Waals surface area contributed by atoms with Gasteiger partial charge < -0.3 is 15.4 Å². The number of nitrogens with one attached hydrogen (secondary N) is 2. The summed E-state index contributed by atoms with van der Waals surface area (Å²) < 4.78 is 6.70. The third kappa shape index (κ3) is 7.99. The molecule has 0 aliphatic heterocycles. The average molecular weight is 523 g/mol. The van der Waals surface area contributed by atoms with Gasteiger partial charge in [0.05, 0.1) is 8.48 Å². The molecular formula is C13H23I2N3OS. The van der Waals surface area contributed by atoms with E-state index < -0.39 is 0 Å². The molecule has 0 aromatic carbocycles. The van der Waals surface area contributed by atoms with Crippen molar-refractivity contribution in [3.63, 3.8) is 0 Å². The number of aliphatic imine (C=N–C) groups is 1. The maximum absolute atomic E-state index is 5.36. The molecule has 0 fully saturated rings. The molecule has 0 amide bonds. The van der Waals surface area contributed by atoms with Gasteiger partial charge >= 0.3 is 0 Å². The van der Waals surface area contributed by atoms with Crippen LogP contribution < -0.4 is 10.6 Å². The smallest absolute Gasteiger partial charge is 0.191 e. The van der Waals surface area contributed by atoms with Crippen LogP contribution >= 0.6 is 57.9 Å². The van der Waals surface area contributed by atoms with E-state index in [9.17, 15) is 0 Å². The number of rotatable bonds is 6. The van der Waals surface area contributed by atoms with E-state index in [-0.39, 0.29) is 29.6 Å². The van der Waals surface area contributed by atoms with Gasteiger partial charge in [-0.15, -0.1) is 35.3 Å². The number of hydrogen-bond donors (Lipinski definition) is 2. The maximum atomic E-state index is 5.36. The van der Waals surface area contributed by atoms with Crippen LogP contribution in [0.3, 0.4) is 0 Å². The van der Waals surface area contributed by atoms with E-state index in [0.717, 1.165) is 25.5 Å². The topological polar surface area (TPSA) is 45.7 Å². The van der Waals surface area contributed by atoms with E-state index >= 15 is 0 Å². The van der Waals surface area contributed by atoms with Crippen LogP contribution in [-0.2, 0) is 11.2 Å². The fourth-order valence-electron chi connectivity index (χ4n) is 1.38. The Morgan fingerprint density at radius 3 is 2.60 bits per heavy atom. The molecule has 116 valence electrons. The molecule has 0 aliphatic carbocycles. The van der Waals surface area contributed by atoms with Crippen LogP contribution in [0, 0.1) is 2.88 Å². The van der Waals surface area contributed by atoms with Crippen LogP contribution in [0.4, 0.5) is 0 Å². The Hall–Kier alpha value is 0.390. The molecule has 0 spiro atoms. The predicted molar refractivity (Wildman–Crippen MR) is 107 cm³/mol. The van der Waals surface area contributed by atoms with E-state index in [1.165, 1.54) is 7.76 Å². The van der Waals surface area contributed by atoms with Crippen molar-refractivity contribution in [2.24, 2.45) is 4.99 Å². The van der Waals surface area contributed by atoms with Crippen molar-refractivity contribution < 1.29 is 4.74 Å². The molecular weight excluding hydrogens is 500 g/mol. The SMILES string of the molecule is CN=C(NCCc1ccc(I)s1)NCC(C)(C)OC.I. The zero-order valence-corrected chi connectivity index (χ0v) is 17.6. The summed E-state index contributed by atoms with van der Waals surface area (Å²) in [5.41, 5.74) is -0.193. The van der Waals surface area contributed by atoms with Gasteiger partial charge in [-0.05, 0) is 55.0 Å². The summed E-state index contributed by atoms with van der Waals surface area (Å²) in [6, 6.07) is 4.33. The van der Waals surface area contributed by atoms with Crippen molar-refractivity contribution in [1.29, 1.82) is 0 Å². The normalized spacial score (nSPS) is 11.9. The Labute approximate surface area is 156 Å². The quantitative estimate of drug-likeness (QED) is 0.343. The molecule has 1 rings (SSSR count). The third-order valence-corrected chi connectivity index (χ3v) is 4.70. The number of halogens is 2. The van der Waals surface area contributed by atoms with E-state index in [4.69, 9.17) is 4.74 Å². The summed E-state index contributed by atoms with van der Waals surface area (Å²) in [7, 11) is 3.50. The summed E-state index contributed by atoms with van der Waals surface area (Å²) >= 11 is 4.18. The molecule has 0 aliphatic rings. The molecule has 7 heteroatoms. The molecule has 0 unspecified atom stereocenters. The van der Waals surface area contributed by atoms with Crippen molar-refractivity contribution in [3.8, 4) is 0 Å². The molecule has 0 atom stereocenters. The fourth-order valence-corrected chi connectivity index (χ4v) is 3.13. The lowest BCUT2D eigenvalue weighted by atomic mass is 10.1. The van der Waals surface area contributed by atoms with E-state index in [1.807, 2.05) is 25.2 Å². The lowest BCUT2D eigenvalue weighted by Crippen LogP contribution is -2.45. The van der Waals surface area contributed by atoms with Gasteiger partial charge in [0.1, 0.15) is 0 Å². The Morgan fingerprint density at radius 2 is 2.10 bits per heavy atom. The molecule has 0 bridgehead atoms. The van der Waals surface area contributed by atoms with Crippen LogP contribution in [0.1, 0.15) is 18.7 Å². The minimum Gasteiger partial charge on any atom is -0.377 e. The van der Waals surface area contributed by atoms with Gasteiger partial charge in [-0.25, -0.2) is 0 Å². The minimum atomic E-state index is -0.193. The highest BCUT2D eigenvalue weighted by Gasteiger charge is 2.16. The minimum absolute atomic E-state index is 0. The highest BCUT2D eigenvalue weighted by atomic mass is 127. The van der Waals surface area contributed by atoms with Crippen molar-refractivity contribution in [2.45, 2.75) is 25.9 Å². The number of methoxy groups -OCH3 is 1. The zero-order chi connectivity index (χ0) is 14.3. The Bertz CT molecular complexity index is 422. The second kappa shape index (κ2) is 10.2. The molecule has 0 saturated carbocycles. The van der Waals surface area contributed by atoms with Crippen LogP contribution in [0.25, 0.3) is 0 Å². The molecule has 1 aromatic heterocycles. The van der Waals surface area contributed by atoms with Gasteiger partial charge in [-0.3, -0.25) is 4.99 Å². The average Bonchev–Trinajstić information content (AvgIpc) is 2.79. The second-order valence-electron chi connectivity index (χ2n) is 4.77. The van der Waals surface area contributed by atoms with Crippen LogP contribution in [0.2, 0.25) is 0 Å². The van der Waals surface area contributed by atoms with Crippen LogP contribution in [0.5, 0.6) is 0 Å². The standard InChI is InChI=1S/C13H22IN3OS.HI/c1-13(2,18-4)9-17-12(15-3)16-8-7-10-5-6-11(14)19-10;/h5-6H,7-9H2,1-4H3,(H2,15,16,17);1H. The summed E-state index contributed by atoms with van der Waals surface area (Å²) in [4.78, 5) is 5.60. The lowest BCUT2D eigenvalue weighted by Gasteiger charge is -2.24. The van der Waals surface area contributed by atoms with Gasteiger partial charge in [0.15, 0.2) is 5.96 Å². The van der Waals surface area contributed by atoms with Gasteiger partial charge in [0.2, 0.25) is 0 Å². The monoisotopic (exact) mass is 523 g/mol. The summed E-state index contributed by atoms with van der Waals surface area (Å²) in [5.74, 6) is 0.816. The first-order valence-electron chi connectivity index (χ1n) is 6.21. The highest BCUT2D eigenvalue weighted by Crippen LogP contribution is 2.18. The first-order chi connectivity index (χ1) is 8.96. The third-order valence-electron chi connectivity index (χ3n) is 2.75. The van der Waals surface area contributed by atoms with Crippen molar-refractivity contribution >= 4 is 63.9 Å². The number of hydrogen-bond acceptors (Lipinski definition) is 3. The Morgan fingerprint density at radius 1 is 1.40 bits per heavy atom. The molecule has 4 nitrogen and oxygen atoms in total. The molecule has 1 aromatic rings. The number of ether oxygens (including phenoxy) is 1. The Balaban J connectivity index is 0.00000361. The zero-order valence-electron chi connectivity index (χ0n) is 12.3. The molecule has 20 heavy (non-hydrogen) atoms. The predicted octanol–water partition coefficient (Wildman–Crippen LogP) is 3.10. The van der Waals surface area contributed by atoms with Crippen molar-refractivity contribution in [1.82, 2.24) is 10.6 Å². The molecule has 0 radical (unpaired) electrons. The van der Waals surface area contributed by atoms with Crippen LogP contribution in [-0.4, -0.2) is 38.8 Å². The second-order valence-corrected chi connectivity index (χ2v) is 7.83. The maximum Gasteiger partial charge on any atom is 0.191 e. The lowest BCUT2D eigenvalue weighted by molar-refractivity contribution is 0.0268. The van der Waals surface area contributed by atoms with Crippen LogP contribution in [0.15, 0.2) is 17.1 Å². The largest absolute Gasteiger partial charge is 0.377 e. The van der Waals surface area contributed by atoms with Crippen molar-refractivity contribution in [2.75, 3.05) is 27.2 Å². The number of thiophene rings is 1. The van der Waals surface area contributed by atoms with Gasteiger partial charge in [0.25, 0.3) is 0 Å². The van der Waals surface area contributed by atoms with Gasteiger partial charge in [0, 0.05) is 32.1 Å². The number of nitrogens with zero attached hydrogens (tertiary/aromatic N) is 1. The summed E-state index contributed by atoms with van der Waals surface area (Å²) in [5, 5.41) is 6.58. The summed E-state index contributed by atoms with van der Waals surface area (Å²) in [6.45, 7) is 5.69. The van der Waals surface area contributed by atoms with Crippen molar-refractivity contribution in [3.05, 3.63) is 19.9 Å². The van der Waals surface area contributed by atoms with E-state index in [1.54, 1.807) is 14.2 Å². The number of guanidine groups is 1. The molecule has 2 N–H and O–H groups in total. The van der Waals surface area contributed by atoms with E-state index in [2.05, 4.69) is 50.3 Å². The first kappa shape index (κ1) is 20.4. The van der Waals surface area contributed by atoms with E-state index in [0.29, 0.717) is 0 Å².